The zero-order valence-corrected chi connectivity index (χ0v) is 10.5. The lowest BCUT2D eigenvalue weighted by Gasteiger charge is -2.13. The van der Waals surface area contributed by atoms with Gasteiger partial charge in [-0.05, 0) is 23.3 Å². The fraction of sp³-hybridized carbons (Fsp3) is 0.125. The number of hydrogen-bond acceptors (Lipinski definition) is 2. The average molecular weight is 239 g/mol. The van der Waals surface area contributed by atoms with Gasteiger partial charge < -0.3 is 10.5 Å². The lowest BCUT2D eigenvalue weighted by atomic mass is 9.99. The summed E-state index contributed by atoms with van der Waals surface area (Å²) in [6.07, 6.45) is 2.53. The van der Waals surface area contributed by atoms with Crippen molar-refractivity contribution < 1.29 is 4.74 Å². The van der Waals surface area contributed by atoms with Crippen LogP contribution in [0.1, 0.15) is 16.7 Å². The third kappa shape index (κ3) is 2.38. The highest BCUT2D eigenvalue weighted by Gasteiger charge is 2.10. The van der Waals surface area contributed by atoms with Crippen LogP contribution in [0.5, 0.6) is 5.75 Å². The van der Waals surface area contributed by atoms with E-state index in [0.717, 1.165) is 29.0 Å². The molecule has 0 fully saturated rings. The minimum absolute atomic E-state index is 0.744. The van der Waals surface area contributed by atoms with E-state index < -0.39 is 0 Å². The van der Waals surface area contributed by atoms with Crippen LogP contribution in [0.15, 0.2) is 49.0 Å². The van der Waals surface area contributed by atoms with Crippen LogP contribution in [-0.4, -0.2) is 7.11 Å². The van der Waals surface area contributed by atoms with Crippen molar-refractivity contribution in [2.75, 3.05) is 12.8 Å². The van der Waals surface area contributed by atoms with E-state index >= 15 is 0 Å². The van der Waals surface area contributed by atoms with Gasteiger partial charge in [-0.1, -0.05) is 43.0 Å². The van der Waals surface area contributed by atoms with E-state index in [9.17, 15) is 0 Å². The smallest absolute Gasteiger partial charge is 0.124 e. The molecule has 0 heterocycles. The van der Waals surface area contributed by atoms with E-state index in [1.54, 1.807) is 13.2 Å². The number of ether oxygens (including phenoxy) is 1. The molecule has 2 aromatic rings. The highest BCUT2D eigenvalue weighted by atomic mass is 16.5. The first-order valence-corrected chi connectivity index (χ1v) is 5.88. The van der Waals surface area contributed by atoms with Gasteiger partial charge in [-0.25, -0.2) is 0 Å². The number of hydrogen-bond donors (Lipinski definition) is 1. The first-order chi connectivity index (χ1) is 8.76. The first kappa shape index (κ1) is 12.2. The van der Waals surface area contributed by atoms with Crippen molar-refractivity contribution in [1.82, 2.24) is 0 Å². The topological polar surface area (TPSA) is 35.2 Å². The maximum Gasteiger partial charge on any atom is 0.124 e. The maximum atomic E-state index is 6.17. The van der Waals surface area contributed by atoms with Crippen LogP contribution >= 0.6 is 0 Å². The van der Waals surface area contributed by atoms with Crippen molar-refractivity contribution >= 4 is 11.8 Å². The van der Waals surface area contributed by atoms with Crippen LogP contribution in [0.3, 0.4) is 0 Å². The van der Waals surface area contributed by atoms with Crippen molar-refractivity contribution in [3.8, 4) is 5.75 Å². The number of anilines is 1. The van der Waals surface area contributed by atoms with Gasteiger partial charge in [-0.3, -0.25) is 0 Å². The van der Waals surface area contributed by atoms with Crippen LogP contribution in [0, 0.1) is 0 Å². The van der Waals surface area contributed by atoms with Gasteiger partial charge in [0.25, 0.3) is 0 Å². The summed E-state index contributed by atoms with van der Waals surface area (Å²) in [4.78, 5) is 0. The van der Waals surface area contributed by atoms with Crippen LogP contribution in [0.4, 0.5) is 5.69 Å². The molecule has 2 N–H and O–H groups in total. The zero-order valence-electron chi connectivity index (χ0n) is 10.5. The van der Waals surface area contributed by atoms with Gasteiger partial charge >= 0.3 is 0 Å². The second-order valence-electron chi connectivity index (χ2n) is 4.12. The molecule has 0 atom stereocenters. The second-order valence-corrected chi connectivity index (χ2v) is 4.12. The third-order valence-electron chi connectivity index (χ3n) is 3.01. The quantitative estimate of drug-likeness (QED) is 0.829. The largest absolute Gasteiger partial charge is 0.496 e. The van der Waals surface area contributed by atoms with Crippen molar-refractivity contribution in [1.29, 1.82) is 0 Å². The molecule has 92 valence electrons. The van der Waals surface area contributed by atoms with E-state index in [-0.39, 0.29) is 0 Å². The summed E-state index contributed by atoms with van der Waals surface area (Å²) in [5.74, 6) is 0.821. The van der Waals surface area contributed by atoms with E-state index in [1.807, 2.05) is 30.3 Å². The van der Waals surface area contributed by atoms with Gasteiger partial charge in [-0.15, -0.1) is 0 Å². The van der Waals surface area contributed by atoms with Crippen LogP contribution in [0.25, 0.3) is 6.08 Å². The molecule has 2 nitrogen and oxygen atoms in total. The Morgan fingerprint density at radius 2 is 1.89 bits per heavy atom. The minimum Gasteiger partial charge on any atom is -0.496 e. The summed E-state index contributed by atoms with van der Waals surface area (Å²) in [6, 6.07) is 14.1. The molecule has 2 aromatic carbocycles. The van der Waals surface area contributed by atoms with E-state index in [2.05, 4.69) is 18.7 Å². The molecule has 0 aliphatic heterocycles. The third-order valence-corrected chi connectivity index (χ3v) is 3.01. The Labute approximate surface area is 108 Å². The number of methoxy groups -OCH3 is 1. The molecule has 0 aromatic heterocycles. The summed E-state index contributed by atoms with van der Waals surface area (Å²) in [7, 11) is 1.66. The van der Waals surface area contributed by atoms with Crippen molar-refractivity contribution in [2.24, 2.45) is 0 Å². The lowest BCUT2D eigenvalue weighted by Crippen LogP contribution is -2.01. The van der Waals surface area contributed by atoms with Gasteiger partial charge in [0, 0.05) is 17.7 Å². The molecule has 0 amide bonds. The summed E-state index contributed by atoms with van der Waals surface area (Å²) < 4.78 is 5.38. The molecule has 0 unspecified atom stereocenters. The highest BCUT2D eigenvalue weighted by Crippen LogP contribution is 2.30. The number of rotatable bonds is 4. The molecule has 2 rings (SSSR count). The van der Waals surface area contributed by atoms with Crippen LogP contribution in [-0.2, 0) is 6.42 Å². The fourth-order valence-corrected chi connectivity index (χ4v) is 2.01. The highest BCUT2D eigenvalue weighted by molar-refractivity contribution is 5.70. The van der Waals surface area contributed by atoms with E-state index in [1.165, 1.54) is 5.56 Å². The Hall–Kier alpha value is -2.22. The summed E-state index contributed by atoms with van der Waals surface area (Å²) in [5.41, 5.74) is 10.1. The van der Waals surface area contributed by atoms with Gasteiger partial charge in [0.1, 0.15) is 5.75 Å². The second kappa shape index (κ2) is 5.41. The van der Waals surface area contributed by atoms with Crippen molar-refractivity contribution in [3.63, 3.8) is 0 Å². The Morgan fingerprint density at radius 1 is 1.17 bits per heavy atom. The summed E-state index contributed by atoms with van der Waals surface area (Å²) in [5, 5.41) is 0. The predicted molar refractivity (Wildman–Crippen MR) is 76.7 cm³/mol. The number of nitrogen functional groups attached to an aromatic ring is 1. The Kier molecular flexibility index (Phi) is 3.68. The minimum atomic E-state index is 0.744. The van der Waals surface area contributed by atoms with Crippen LogP contribution in [0.2, 0.25) is 0 Å². The van der Waals surface area contributed by atoms with Gasteiger partial charge in [0.05, 0.1) is 7.11 Å². The lowest BCUT2D eigenvalue weighted by molar-refractivity contribution is 0.411. The molecule has 0 bridgehead atoms. The standard InChI is InChI=1S/C16H17NO/c1-3-13-9-10-15(18-2)14(16(13)17)11-12-7-5-4-6-8-12/h3-10H,1,11,17H2,2H3. The first-order valence-electron chi connectivity index (χ1n) is 5.88. The molecule has 0 radical (unpaired) electrons. The zero-order chi connectivity index (χ0) is 13.0. The molecular formula is C16H17NO. The summed E-state index contributed by atoms with van der Waals surface area (Å²) in [6.45, 7) is 3.77. The maximum absolute atomic E-state index is 6.17. The van der Waals surface area contributed by atoms with Crippen LogP contribution < -0.4 is 10.5 Å². The van der Waals surface area contributed by atoms with Crippen molar-refractivity contribution in [2.45, 2.75) is 6.42 Å². The van der Waals surface area contributed by atoms with Gasteiger partial charge in [0.15, 0.2) is 0 Å². The molecule has 0 saturated heterocycles. The predicted octanol–water partition coefficient (Wildman–Crippen LogP) is 3.51. The number of benzene rings is 2. The normalized spacial score (nSPS) is 10.1. The van der Waals surface area contributed by atoms with Crippen molar-refractivity contribution in [3.05, 3.63) is 65.7 Å². The van der Waals surface area contributed by atoms with E-state index in [0.29, 0.717) is 0 Å². The summed E-state index contributed by atoms with van der Waals surface area (Å²) >= 11 is 0. The van der Waals surface area contributed by atoms with Gasteiger partial charge in [-0.2, -0.15) is 0 Å². The molecule has 0 aliphatic rings. The molecule has 2 heteroatoms. The number of nitrogens with two attached hydrogens (primary N) is 1. The molecule has 18 heavy (non-hydrogen) atoms. The molecular weight excluding hydrogens is 222 g/mol. The Balaban J connectivity index is 2.45. The molecule has 0 aliphatic carbocycles. The molecule has 0 saturated carbocycles. The Morgan fingerprint density at radius 3 is 2.50 bits per heavy atom. The average Bonchev–Trinajstić information content (AvgIpc) is 2.42. The molecule has 0 spiro atoms. The SMILES string of the molecule is C=Cc1ccc(OC)c(Cc2ccccc2)c1N. The monoisotopic (exact) mass is 239 g/mol. The van der Waals surface area contributed by atoms with Gasteiger partial charge in [0.2, 0.25) is 0 Å². The Bertz CT molecular complexity index is 547. The van der Waals surface area contributed by atoms with E-state index in [4.69, 9.17) is 10.5 Å². The fourth-order valence-electron chi connectivity index (χ4n) is 2.01.